The van der Waals surface area contributed by atoms with Crippen molar-refractivity contribution in [1.29, 1.82) is 0 Å². The Balaban J connectivity index is 4.72. The maximum Gasteiger partial charge on any atom is 0.312 e. The fourth-order valence-corrected chi connectivity index (χ4v) is 1.94. The zero-order valence-corrected chi connectivity index (χ0v) is 11.5. The second kappa shape index (κ2) is 9.79. The molecule has 0 aliphatic rings. The standard InChI is InChI=1S/C10H19F2N3O3S/c1-19-5-2-7(14-10(13)18)9(17)15(3-4-16)6-8(11)12/h7-8,16H,2-6H2,1H3,(H3,13,14,18). The fourth-order valence-electron chi connectivity index (χ4n) is 1.46. The first-order chi connectivity index (χ1) is 8.92. The van der Waals surface area contributed by atoms with E-state index in [0.717, 1.165) is 4.90 Å². The zero-order chi connectivity index (χ0) is 14.8. The number of nitrogens with zero attached hydrogens (tertiary/aromatic N) is 1. The van der Waals surface area contributed by atoms with Gasteiger partial charge < -0.3 is 21.1 Å². The smallest absolute Gasteiger partial charge is 0.312 e. The van der Waals surface area contributed by atoms with Crippen molar-refractivity contribution in [1.82, 2.24) is 10.2 Å². The lowest BCUT2D eigenvalue weighted by Gasteiger charge is -2.26. The van der Waals surface area contributed by atoms with Gasteiger partial charge in [-0.25, -0.2) is 13.6 Å². The Labute approximate surface area is 114 Å². The predicted octanol–water partition coefficient (Wildman–Crippen LogP) is -0.138. The van der Waals surface area contributed by atoms with E-state index in [-0.39, 0.29) is 13.0 Å². The number of nitrogens with two attached hydrogens (primary N) is 1. The molecule has 0 radical (unpaired) electrons. The number of nitrogens with one attached hydrogen (secondary N) is 1. The number of rotatable bonds is 9. The van der Waals surface area contributed by atoms with E-state index in [1.165, 1.54) is 11.8 Å². The van der Waals surface area contributed by atoms with Crippen molar-refractivity contribution < 1.29 is 23.5 Å². The number of carbonyl (C=O) groups excluding carboxylic acids is 2. The molecule has 0 heterocycles. The number of thioether (sulfide) groups is 1. The monoisotopic (exact) mass is 299 g/mol. The van der Waals surface area contributed by atoms with Crippen LogP contribution in [-0.2, 0) is 4.79 Å². The maximum atomic E-state index is 12.4. The van der Waals surface area contributed by atoms with Gasteiger partial charge in [-0.15, -0.1) is 0 Å². The second-order valence-electron chi connectivity index (χ2n) is 3.74. The van der Waals surface area contributed by atoms with Crippen molar-refractivity contribution in [3.63, 3.8) is 0 Å². The molecule has 3 amide bonds. The summed E-state index contributed by atoms with van der Waals surface area (Å²) < 4.78 is 24.7. The molecule has 4 N–H and O–H groups in total. The lowest BCUT2D eigenvalue weighted by atomic mass is 10.2. The molecule has 1 unspecified atom stereocenters. The van der Waals surface area contributed by atoms with Crippen molar-refractivity contribution >= 4 is 23.7 Å². The van der Waals surface area contributed by atoms with Gasteiger partial charge in [-0.3, -0.25) is 4.79 Å². The predicted molar refractivity (Wildman–Crippen MR) is 69.2 cm³/mol. The van der Waals surface area contributed by atoms with E-state index in [4.69, 9.17) is 10.8 Å². The number of hydrogen-bond acceptors (Lipinski definition) is 4. The van der Waals surface area contributed by atoms with Gasteiger partial charge in [-0.2, -0.15) is 11.8 Å². The SMILES string of the molecule is CSCCC(NC(N)=O)C(=O)N(CCO)CC(F)F. The van der Waals surface area contributed by atoms with Crippen LogP contribution >= 0.6 is 11.8 Å². The van der Waals surface area contributed by atoms with Crippen molar-refractivity contribution in [2.75, 3.05) is 31.7 Å². The van der Waals surface area contributed by atoms with Crippen LogP contribution in [0.15, 0.2) is 0 Å². The molecule has 0 aliphatic carbocycles. The highest BCUT2D eigenvalue weighted by Crippen LogP contribution is 2.07. The molecule has 6 nitrogen and oxygen atoms in total. The van der Waals surface area contributed by atoms with Crippen LogP contribution in [0.2, 0.25) is 0 Å². The third-order valence-electron chi connectivity index (χ3n) is 2.27. The number of urea groups is 1. The highest BCUT2D eigenvalue weighted by molar-refractivity contribution is 7.98. The van der Waals surface area contributed by atoms with E-state index in [2.05, 4.69) is 5.32 Å². The summed E-state index contributed by atoms with van der Waals surface area (Å²) in [6, 6.07) is -1.84. The van der Waals surface area contributed by atoms with Crippen LogP contribution in [0.1, 0.15) is 6.42 Å². The number of amides is 3. The van der Waals surface area contributed by atoms with Gasteiger partial charge in [0.05, 0.1) is 13.2 Å². The number of halogens is 2. The van der Waals surface area contributed by atoms with Crippen LogP contribution < -0.4 is 11.1 Å². The summed E-state index contributed by atoms with van der Waals surface area (Å²) in [6.07, 6.45) is -0.602. The minimum Gasteiger partial charge on any atom is -0.395 e. The van der Waals surface area contributed by atoms with Crippen molar-refractivity contribution in [3.05, 3.63) is 0 Å². The fraction of sp³-hybridized carbons (Fsp3) is 0.800. The lowest BCUT2D eigenvalue weighted by molar-refractivity contribution is -0.135. The molecule has 0 rings (SSSR count). The molecule has 1 atom stereocenters. The Morgan fingerprint density at radius 2 is 2.11 bits per heavy atom. The van der Waals surface area contributed by atoms with Crippen molar-refractivity contribution in [3.8, 4) is 0 Å². The molecule has 0 saturated carbocycles. The average Bonchev–Trinajstić information content (AvgIpc) is 2.32. The summed E-state index contributed by atoms with van der Waals surface area (Å²) >= 11 is 1.45. The third kappa shape index (κ3) is 7.83. The number of carbonyl (C=O) groups is 2. The Bertz CT molecular complexity index is 295. The highest BCUT2D eigenvalue weighted by atomic mass is 32.2. The molecule has 0 saturated heterocycles. The Morgan fingerprint density at radius 1 is 1.47 bits per heavy atom. The molecular formula is C10H19F2N3O3S. The van der Waals surface area contributed by atoms with E-state index in [1.54, 1.807) is 0 Å². The molecule has 0 aliphatic heterocycles. The van der Waals surface area contributed by atoms with Crippen LogP contribution in [0.4, 0.5) is 13.6 Å². The number of hydrogen-bond donors (Lipinski definition) is 3. The first-order valence-electron chi connectivity index (χ1n) is 5.65. The average molecular weight is 299 g/mol. The van der Waals surface area contributed by atoms with E-state index < -0.39 is 37.6 Å². The molecule has 0 spiro atoms. The Hall–Kier alpha value is -1.09. The van der Waals surface area contributed by atoms with Gasteiger partial charge in [0, 0.05) is 6.54 Å². The van der Waals surface area contributed by atoms with Gasteiger partial charge in [0.15, 0.2) is 0 Å². The number of aliphatic hydroxyl groups excluding tert-OH is 1. The van der Waals surface area contributed by atoms with Crippen LogP contribution in [0.3, 0.4) is 0 Å². The summed E-state index contributed by atoms with van der Waals surface area (Å²) in [6.45, 7) is -1.42. The summed E-state index contributed by atoms with van der Waals surface area (Å²) in [7, 11) is 0. The minimum absolute atomic E-state index is 0.209. The third-order valence-corrected chi connectivity index (χ3v) is 2.91. The van der Waals surface area contributed by atoms with Gasteiger partial charge in [0.2, 0.25) is 5.91 Å². The normalized spacial score (nSPS) is 12.3. The molecule has 0 fully saturated rings. The number of aliphatic hydroxyl groups is 1. The van der Waals surface area contributed by atoms with Crippen LogP contribution in [0, 0.1) is 0 Å². The van der Waals surface area contributed by atoms with E-state index >= 15 is 0 Å². The lowest BCUT2D eigenvalue weighted by Crippen LogP contribution is -2.52. The van der Waals surface area contributed by atoms with Gasteiger partial charge in [-0.05, 0) is 18.4 Å². The summed E-state index contributed by atoms with van der Waals surface area (Å²) in [4.78, 5) is 23.7. The van der Waals surface area contributed by atoms with Gasteiger partial charge >= 0.3 is 6.03 Å². The van der Waals surface area contributed by atoms with E-state index in [0.29, 0.717) is 5.75 Å². The Kier molecular flexibility index (Phi) is 9.23. The van der Waals surface area contributed by atoms with Gasteiger partial charge in [0.25, 0.3) is 6.43 Å². The van der Waals surface area contributed by atoms with E-state index in [9.17, 15) is 18.4 Å². The molecular weight excluding hydrogens is 280 g/mol. The summed E-state index contributed by atoms with van der Waals surface area (Å²) in [5.41, 5.74) is 4.95. The van der Waals surface area contributed by atoms with Gasteiger partial charge in [-0.1, -0.05) is 0 Å². The highest BCUT2D eigenvalue weighted by Gasteiger charge is 2.26. The number of alkyl halides is 2. The first kappa shape index (κ1) is 17.9. The van der Waals surface area contributed by atoms with Crippen LogP contribution in [0.5, 0.6) is 0 Å². The van der Waals surface area contributed by atoms with Crippen molar-refractivity contribution in [2.45, 2.75) is 18.9 Å². The zero-order valence-electron chi connectivity index (χ0n) is 10.6. The quantitative estimate of drug-likeness (QED) is 0.552. The topological polar surface area (TPSA) is 95.7 Å². The van der Waals surface area contributed by atoms with E-state index in [1.807, 2.05) is 6.26 Å². The maximum absolute atomic E-state index is 12.4. The molecule has 0 bridgehead atoms. The molecule has 0 aromatic rings. The molecule has 0 aromatic carbocycles. The van der Waals surface area contributed by atoms with Crippen molar-refractivity contribution in [2.24, 2.45) is 5.73 Å². The number of primary amides is 1. The van der Waals surface area contributed by atoms with Crippen LogP contribution in [-0.4, -0.2) is 66.1 Å². The molecule has 19 heavy (non-hydrogen) atoms. The first-order valence-corrected chi connectivity index (χ1v) is 7.04. The largest absolute Gasteiger partial charge is 0.395 e. The summed E-state index contributed by atoms with van der Waals surface area (Å²) in [5.74, 6) is -0.0968. The second-order valence-corrected chi connectivity index (χ2v) is 4.73. The minimum atomic E-state index is -2.70. The van der Waals surface area contributed by atoms with Crippen LogP contribution in [0.25, 0.3) is 0 Å². The van der Waals surface area contributed by atoms with Gasteiger partial charge in [0.1, 0.15) is 6.04 Å². The Morgan fingerprint density at radius 3 is 2.53 bits per heavy atom. The molecule has 0 aromatic heterocycles. The molecule has 112 valence electrons. The summed E-state index contributed by atoms with van der Waals surface area (Å²) in [5, 5.41) is 11.0. The molecule has 9 heteroatoms.